The molecule has 0 aliphatic rings. The Morgan fingerprint density at radius 2 is 1.95 bits per heavy atom. The highest BCUT2D eigenvalue weighted by Crippen LogP contribution is 2.26. The maximum absolute atomic E-state index is 13.9. The summed E-state index contributed by atoms with van der Waals surface area (Å²) in [6, 6.07) is 11.2. The molecule has 2 aromatic carbocycles. The quantitative estimate of drug-likeness (QED) is 0.643. The first-order chi connectivity index (χ1) is 10.1. The van der Waals surface area contributed by atoms with Crippen LogP contribution in [0.5, 0.6) is 0 Å². The molecule has 3 aromatic rings. The van der Waals surface area contributed by atoms with Crippen molar-refractivity contribution in [3.63, 3.8) is 0 Å². The summed E-state index contributed by atoms with van der Waals surface area (Å²) >= 11 is 6.17. The lowest BCUT2D eigenvalue weighted by molar-refractivity contribution is 0.565. The van der Waals surface area contributed by atoms with E-state index in [0.717, 1.165) is 17.1 Å². The first kappa shape index (κ1) is 14.0. The minimum absolute atomic E-state index is 0.263. The molecule has 1 aromatic heterocycles. The molecule has 0 aliphatic heterocycles. The number of hydrogen-bond acceptors (Lipinski definition) is 1. The summed E-state index contributed by atoms with van der Waals surface area (Å²) in [6.07, 6.45) is 0. The van der Waals surface area contributed by atoms with Gasteiger partial charge < -0.3 is 4.57 Å². The second-order valence-electron chi connectivity index (χ2n) is 4.90. The molecule has 0 N–H and O–H groups in total. The monoisotopic (exact) mass is 306 g/mol. The molecule has 0 bridgehead atoms. The minimum Gasteiger partial charge on any atom is -0.322 e. The van der Waals surface area contributed by atoms with Crippen LogP contribution in [0.3, 0.4) is 0 Å². The predicted molar refractivity (Wildman–Crippen MR) is 79.5 cm³/mol. The number of para-hydroxylation sites is 2. The lowest BCUT2D eigenvalue weighted by Gasteiger charge is -2.11. The van der Waals surface area contributed by atoms with Gasteiger partial charge in [-0.05, 0) is 25.1 Å². The molecule has 21 heavy (non-hydrogen) atoms. The first-order valence-electron chi connectivity index (χ1n) is 6.59. The zero-order valence-electron chi connectivity index (χ0n) is 11.4. The van der Waals surface area contributed by atoms with Crippen molar-refractivity contribution in [2.75, 3.05) is 0 Å². The minimum atomic E-state index is -0.585. The van der Waals surface area contributed by atoms with Gasteiger partial charge in [-0.1, -0.05) is 18.2 Å². The highest BCUT2D eigenvalue weighted by atomic mass is 35.5. The highest BCUT2D eigenvalue weighted by molar-refractivity contribution is 6.20. The smallest absolute Gasteiger partial charge is 0.131 e. The average Bonchev–Trinajstić information content (AvgIpc) is 2.81. The van der Waals surface area contributed by atoms with E-state index in [0.29, 0.717) is 11.4 Å². The standard InChI is InChI=1S/C16H13ClF2N2/c1-10(17)16-20-14-4-2-3-5-15(14)21(16)9-11-6-7-12(18)8-13(11)19/h2-8,10H,9H2,1H3. The largest absolute Gasteiger partial charge is 0.322 e. The summed E-state index contributed by atoms with van der Waals surface area (Å²) in [4.78, 5) is 4.49. The van der Waals surface area contributed by atoms with Crippen molar-refractivity contribution in [3.8, 4) is 0 Å². The van der Waals surface area contributed by atoms with Gasteiger partial charge in [0.2, 0.25) is 0 Å². The number of alkyl halides is 1. The van der Waals surface area contributed by atoms with Crippen LogP contribution in [0, 0.1) is 11.6 Å². The molecule has 0 saturated carbocycles. The normalized spacial score (nSPS) is 12.8. The van der Waals surface area contributed by atoms with E-state index >= 15 is 0 Å². The van der Waals surface area contributed by atoms with E-state index in [9.17, 15) is 8.78 Å². The molecule has 1 atom stereocenters. The van der Waals surface area contributed by atoms with E-state index in [4.69, 9.17) is 11.6 Å². The Balaban J connectivity index is 2.12. The van der Waals surface area contributed by atoms with Gasteiger partial charge in [-0.25, -0.2) is 13.8 Å². The molecular weight excluding hydrogens is 294 g/mol. The zero-order valence-corrected chi connectivity index (χ0v) is 12.1. The fraction of sp³-hybridized carbons (Fsp3) is 0.188. The third kappa shape index (κ3) is 2.63. The molecule has 1 unspecified atom stereocenters. The van der Waals surface area contributed by atoms with Gasteiger partial charge in [0.25, 0.3) is 0 Å². The van der Waals surface area contributed by atoms with E-state index in [1.807, 2.05) is 35.8 Å². The van der Waals surface area contributed by atoms with Crippen LogP contribution in [0.15, 0.2) is 42.5 Å². The molecule has 0 fully saturated rings. The van der Waals surface area contributed by atoms with Gasteiger partial charge in [0.05, 0.1) is 23.0 Å². The molecule has 108 valence electrons. The second kappa shape index (κ2) is 5.45. The van der Waals surface area contributed by atoms with Gasteiger partial charge >= 0.3 is 0 Å². The fourth-order valence-electron chi connectivity index (χ4n) is 2.38. The van der Waals surface area contributed by atoms with Crippen molar-refractivity contribution < 1.29 is 8.78 Å². The van der Waals surface area contributed by atoms with E-state index in [-0.39, 0.29) is 11.9 Å². The van der Waals surface area contributed by atoms with Crippen LogP contribution in [0.25, 0.3) is 11.0 Å². The number of aromatic nitrogens is 2. The van der Waals surface area contributed by atoms with E-state index in [1.165, 1.54) is 12.1 Å². The molecule has 0 spiro atoms. The number of nitrogens with zero attached hydrogens (tertiary/aromatic N) is 2. The van der Waals surface area contributed by atoms with Gasteiger partial charge in [0.15, 0.2) is 0 Å². The molecule has 1 heterocycles. The van der Waals surface area contributed by atoms with Crippen molar-refractivity contribution in [1.29, 1.82) is 0 Å². The van der Waals surface area contributed by atoms with Crippen LogP contribution in [-0.2, 0) is 6.54 Å². The number of halogens is 3. The van der Waals surface area contributed by atoms with Crippen LogP contribution in [0.4, 0.5) is 8.78 Å². The Bertz CT molecular complexity index is 796. The molecule has 5 heteroatoms. The van der Waals surface area contributed by atoms with Crippen LogP contribution in [0.2, 0.25) is 0 Å². The lowest BCUT2D eigenvalue weighted by Crippen LogP contribution is -2.07. The van der Waals surface area contributed by atoms with E-state index < -0.39 is 11.6 Å². The lowest BCUT2D eigenvalue weighted by atomic mass is 10.2. The van der Waals surface area contributed by atoms with Gasteiger partial charge in [-0.15, -0.1) is 11.6 Å². The van der Waals surface area contributed by atoms with Crippen LogP contribution < -0.4 is 0 Å². The maximum atomic E-state index is 13.9. The number of fused-ring (bicyclic) bond motifs is 1. The Labute approximate surface area is 126 Å². The van der Waals surface area contributed by atoms with Crippen molar-refractivity contribution >= 4 is 22.6 Å². The highest BCUT2D eigenvalue weighted by Gasteiger charge is 2.16. The first-order valence-corrected chi connectivity index (χ1v) is 7.03. The van der Waals surface area contributed by atoms with Crippen molar-refractivity contribution in [3.05, 3.63) is 65.5 Å². The average molecular weight is 307 g/mol. The number of rotatable bonds is 3. The molecule has 0 amide bonds. The van der Waals surface area contributed by atoms with E-state index in [2.05, 4.69) is 4.98 Å². The summed E-state index contributed by atoms with van der Waals surface area (Å²) in [6.45, 7) is 2.08. The summed E-state index contributed by atoms with van der Waals surface area (Å²) in [7, 11) is 0. The molecule has 2 nitrogen and oxygen atoms in total. The molecular formula is C16H13ClF2N2. The Morgan fingerprint density at radius 3 is 2.67 bits per heavy atom. The number of hydrogen-bond donors (Lipinski definition) is 0. The SMILES string of the molecule is CC(Cl)c1nc2ccccc2n1Cc1ccc(F)cc1F. The van der Waals surface area contributed by atoms with Gasteiger partial charge in [0.1, 0.15) is 17.5 Å². The zero-order chi connectivity index (χ0) is 15.0. The van der Waals surface area contributed by atoms with Crippen LogP contribution in [0.1, 0.15) is 23.7 Å². The molecule has 0 saturated heterocycles. The van der Waals surface area contributed by atoms with Crippen LogP contribution in [-0.4, -0.2) is 9.55 Å². The van der Waals surface area contributed by atoms with Crippen molar-refractivity contribution in [2.24, 2.45) is 0 Å². The predicted octanol–water partition coefficient (Wildman–Crippen LogP) is 4.66. The Kier molecular flexibility index (Phi) is 3.64. The topological polar surface area (TPSA) is 17.8 Å². The summed E-state index contributed by atoms with van der Waals surface area (Å²) in [5, 5.41) is -0.305. The molecule has 3 rings (SSSR count). The van der Waals surface area contributed by atoms with Gasteiger partial charge in [-0.2, -0.15) is 0 Å². The summed E-state index contributed by atoms with van der Waals surface area (Å²) in [5.74, 6) is -0.486. The molecule has 0 radical (unpaired) electrons. The Morgan fingerprint density at radius 1 is 1.19 bits per heavy atom. The van der Waals surface area contributed by atoms with Crippen LogP contribution >= 0.6 is 11.6 Å². The van der Waals surface area contributed by atoms with Crippen molar-refractivity contribution in [1.82, 2.24) is 9.55 Å². The number of imidazole rings is 1. The second-order valence-corrected chi connectivity index (χ2v) is 5.55. The van der Waals surface area contributed by atoms with E-state index in [1.54, 1.807) is 0 Å². The van der Waals surface area contributed by atoms with Gasteiger partial charge in [-0.3, -0.25) is 0 Å². The fourth-order valence-corrected chi connectivity index (χ4v) is 2.55. The maximum Gasteiger partial charge on any atom is 0.131 e. The third-order valence-corrected chi connectivity index (χ3v) is 3.58. The third-order valence-electron chi connectivity index (χ3n) is 3.38. The van der Waals surface area contributed by atoms with Crippen molar-refractivity contribution in [2.45, 2.75) is 18.8 Å². The number of benzene rings is 2. The summed E-state index contributed by atoms with van der Waals surface area (Å²) < 4.78 is 28.7. The summed E-state index contributed by atoms with van der Waals surface area (Å²) in [5.41, 5.74) is 2.09. The Hall–Kier alpha value is -1.94. The molecule has 0 aliphatic carbocycles. The van der Waals surface area contributed by atoms with Gasteiger partial charge in [0, 0.05) is 11.6 Å².